The first-order chi connectivity index (χ1) is 5.87. The van der Waals surface area contributed by atoms with Crippen LogP contribution in [-0.4, -0.2) is 25.2 Å². The lowest BCUT2D eigenvalue weighted by Gasteiger charge is -2.25. The summed E-state index contributed by atoms with van der Waals surface area (Å²) in [6, 6.07) is 0. The van der Waals surface area contributed by atoms with Crippen LogP contribution in [0.3, 0.4) is 0 Å². The van der Waals surface area contributed by atoms with Crippen molar-refractivity contribution in [3.63, 3.8) is 0 Å². The molecule has 13 heavy (non-hydrogen) atoms. The Morgan fingerprint density at radius 1 is 1.46 bits per heavy atom. The first-order valence-corrected chi connectivity index (χ1v) is 4.67. The van der Waals surface area contributed by atoms with Gasteiger partial charge < -0.3 is 10.1 Å². The maximum Gasteiger partial charge on any atom is 0.220 e. The Labute approximate surface area is 80.8 Å². The fourth-order valence-corrected chi connectivity index (χ4v) is 1.20. The van der Waals surface area contributed by atoms with E-state index in [2.05, 4.69) is 5.32 Å². The zero-order valence-corrected chi connectivity index (χ0v) is 9.31. The normalized spacial score (nSPS) is 11.8. The highest BCUT2D eigenvalue weighted by Gasteiger charge is 2.20. The molecule has 0 bridgehead atoms. The van der Waals surface area contributed by atoms with Crippen molar-refractivity contribution in [3.05, 3.63) is 0 Å². The van der Waals surface area contributed by atoms with Crippen LogP contribution in [0.4, 0.5) is 0 Å². The number of carbonyl (C=O) groups is 1. The number of ether oxygens (including phenoxy) is 1. The van der Waals surface area contributed by atoms with Crippen molar-refractivity contribution in [1.29, 1.82) is 0 Å². The maximum atomic E-state index is 11.4. The van der Waals surface area contributed by atoms with E-state index >= 15 is 0 Å². The average molecular weight is 187 g/mol. The van der Waals surface area contributed by atoms with E-state index in [1.54, 1.807) is 7.11 Å². The van der Waals surface area contributed by atoms with E-state index in [0.717, 1.165) is 0 Å². The molecule has 0 aromatic heterocycles. The van der Waals surface area contributed by atoms with Gasteiger partial charge >= 0.3 is 0 Å². The largest absolute Gasteiger partial charge is 0.382 e. The van der Waals surface area contributed by atoms with Crippen LogP contribution >= 0.6 is 0 Å². The van der Waals surface area contributed by atoms with Gasteiger partial charge in [-0.05, 0) is 19.8 Å². The van der Waals surface area contributed by atoms with Crippen LogP contribution in [0.25, 0.3) is 0 Å². The molecule has 0 saturated heterocycles. The lowest BCUT2D eigenvalue weighted by atomic mass is 10.1. The van der Waals surface area contributed by atoms with E-state index in [9.17, 15) is 4.79 Å². The number of rotatable bonds is 5. The summed E-state index contributed by atoms with van der Waals surface area (Å²) in [5.74, 6) is 0.496. The van der Waals surface area contributed by atoms with Crippen LogP contribution in [0.2, 0.25) is 0 Å². The molecule has 0 radical (unpaired) electrons. The summed E-state index contributed by atoms with van der Waals surface area (Å²) >= 11 is 0. The molecule has 0 aliphatic rings. The highest BCUT2D eigenvalue weighted by Crippen LogP contribution is 2.05. The van der Waals surface area contributed by atoms with Gasteiger partial charge in [-0.2, -0.15) is 0 Å². The van der Waals surface area contributed by atoms with Gasteiger partial charge in [0.2, 0.25) is 5.91 Å². The highest BCUT2D eigenvalue weighted by molar-refractivity contribution is 5.76. The molecule has 0 heterocycles. The Morgan fingerprint density at radius 2 is 2.00 bits per heavy atom. The van der Waals surface area contributed by atoms with Crippen LogP contribution < -0.4 is 5.32 Å². The molecule has 0 fully saturated rings. The lowest BCUT2D eigenvalue weighted by Crippen LogP contribution is -2.47. The molecule has 0 aliphatic heterocycles. The first-order valence-electron chi connectivity index (χ1n) is 4.67. The fourth-order valence-electron chi connectivity index (χ4n) is 1.20. The zero-order chi connectivity index (χ0) is 10.5. The van der Waals surface area contributed by atoms with Gasteiger partial charge in [-0.15, -0.1) is 0 Å². The van der Waals surface area contributed by atoms with Crippen molar-refractivity contribution in [3.8, 4) is 0 Å². The van der Waals surface area contributed by atoms with Crippen molar-refractivity contribution in [2.24, 2.45) is 5.92 Å². The number of methoxy groups -OCH3 is 1. The van der Waals surface area contributed by atoms with Gasteiger partial charge in [-0.25, -0.2) is 0 Å². The Hall–Kier alpha value is -0.570. The van der Waals surface area contributed by atoms with E-state index in [-0.39, 0.29) is 11.4 Å². The van der Waals surface area contributed by atoms with E-state index in [1.807, 2.05) is 27.7 Å². The molecule has 1 N–H and O–H groups in total. The third-order valence-corrected chi connectivity index (χ3v) is 1.58. The first kappa shape index (κ1) is 12.4. The molecule has 0 unspecified atom stereocenters. The molecule has 0 spiro atoms. The number of hydrogen-bond donors (Lipinski definition) is 1. The molecule has 0 saturated carbocycles. The van der Waals surface area contributed by atoms with E-state index in [4.69, 9.17) is 4.74 Å². The van der Waals surface area contributed by atoms with Gasteiger partial charge in [-0.3, -0.25) is 4.79 Å². The minimum atomic E-state index is -0.263. The van der Waals surface area contributed by atoms with Crippen molar-refractivity contribution in [1.82, 2.24) is 5.32 Å². The van der Waals surface area contributed by atoms with Gasteiger partial charge in [0, 0.05) is 13.5 Å². The third-order valence-electron chi connectivity index (χ3n) is 1.58. The smallest absolute Gasteiger partial charge is 0.220 e. The molecule has 0 rings (SSSR count). The van der Waals surface area contributed by atoms with Crippen molar-refractivity contribution in [2.45, 2.75) is 39.7 Å². The predicted octanol–water partition coefficient (Wildman–Crippen LogP) is 1.57. The van der Waals surface area contributed by atoms with E-state index in [0.29, 0.717) is 18.9 Å². The summed E-state index contributed by atoms with van der Waals surface area (Å²) in [7, 11) is 1.64. The van der Waals surface area contributed by atoms with Gasteiger partial charge in [-0.1, -0.05) is 13.8 Å². The Bertz CT molecular complexity index is 164. The van der Waals surface area contributed by atoms with Gasteiger partial charge in [0.25, 0.3) is 0 Å². The molecule has 3 nitrogen and oxygen atoms in total. The van der Waals surface area contributed by atoms with E-state index < -0.39 is 0 Å². The molecule has 0 atom stereocenters. The quantitative estimate of drug-likeness (QED) is 0.709. The zero-order valence-electron chi connectivity index (χ0n) is 9.31. The van der Waals surface area contributed by atoms with Gasteiger partial charge in [0.1, 0.15) is 0 Å². The second-order valence-corrected chi connectivity index (χ2v) is 4.46. The van der Waals surface area contributed by atoms with Gasteiger partial charge in [0.15, 0.2) is 0 Å². The highest BCUT2D eigenvalue weighted by atomic mass is 16.5. The van der Waals surface area contributed by atoms with E-state index in [1.165, 1.54) is 0 Å². The third kappa shape index (κ3) is 6.58. The summed E-state index contributed by atoms with van der Waals surface area (Å²) in [5, 5.41) is 2.92. The van der Waals surface area contributed by atoms with Gasteiger partial charge in [0.05, 0.1) is 12.1 Å². The average Bonchev–Trinajstić information content (AvgIpc) is 1.81. The second kappa shape index (κ2) is 5.22. The van der Waals surface area contributed by atoms with Crippen molar-refractivity contribution < 1.29 is 9.53 Å². The molecular formula is C10H21NO2. The summed E-state index contributed by atoms with van der Waals surface area (Å²) < 4.78 is 5.00. The topological polar surface area (TPSA) is 38.3 Å². The SMILES string of the molecule is COCC(C)(C)NC(=O)CC(C)C. The van der Waals surface area contributed by atoms with Crippen LogP contribution in [0, 0.1) is 5.92 Å². The summed E-state index contributed by atoms with van der Waals surface area (Å²) in [5.41, 5.74) is -0.263. The summed E-state index contributed by atoms with van der Waals surface area (Å²) in [6.45, 7) is 8.51. The minimum absolute atomic E-state index is 0.0945. The monoisotopic (exact) mass is 187 g/mol. The molecule has 0 aromatic carbocycles. The van der Waals surface area contributed by atoms with Crippen molar-refractivity contribution >= 4 is 5.91 Å². The Balaban J connectivity index is 3.89. The van der Waals surface area contributed by atoms with Crippen LogP contribution in [-0.2, 0) is 9.53 Å². The predicted molar refractivity (Wildman–Crippen MR) is 53.6 cm³/mol. The molecular weight excluding hydrogens is 166 g/mol. The second-order valence-electron chi connectivity index (χ2n) is 4.46. The molecule has 3 heteroatoms. The Kier molecular flexibility index (Phi) is 4.99. The maximum absolute atomic E-state index is 11.4. The number of amides is 1. The number of hydrogen-bond acceptors (Lipinski definition) is 2. The number of carbonyl (C=O) groups excluding carboxylic acids is 1. The molecule has 1 amide bonds. The lowest BCUT2D eigenvalue weighted by molar-refractivity contribution is -0.124. The Morgan fingerprint density at radius 3 is 2.38 bits per heavy atom. The van der Waals surface area contributed by atoms with Crippen LogP contribution in [0.1, 0.15) is 34.1 Å². The molecule has 0 aliphatic carbocycles. The van der Waals surface area contributed by atoms with Crippen LogP contribution in [0.15, 0.2) is 0 Å². The van der Waals surface area contributed by atoms with Crippen LogP contribution in [0.5, 0.6) is 0 Å². The number of nitrogens with one attached hydrogen (secondary N) is 1. The fraction of sp³-hybridized carbons (Fsp3) is 0.900. The standard InChI is InChI=1S/C10H21NO2/c1-8(2)6-9(12)11-10(3,4)7-13-5/h8H,6-7H2,1-5H3,(H,11,12). The summed E-state index contributed by atoms with van der Waals surface area (Å²) in [4.78, 5) is 11.4. The molecule has 78 valence electrons. The summed E-state index contributed by atoms with van der Waals surface area (Å²) in [6.07, 6.45) is 0.577. The molecule has 0 aromatic rings. The minimum Gasteiger partial charge on any atom is -0.382 e. The van der Waals surface area contributed by atoms with Crippen molar-refractivity contribution in [2.75, 3.05) is 13.7 Å².